The van der Waals surface area contributed by atoms with Crippen LogP contribution >= 0.6 is 0 Å². The number of hydrogen-bond donors (Lipinski definition) is 0. The number of halogens is 6. The molecule has 3 nitrogen and oxygen atoms in total. The van der Waals surface area contributed by atoms with Gasteiger partial charge in [-0.05, 0) is 66.5 Å². The van der Waals surface area contributed by atoms with Crippen molar-refractivity contribution in [2.45, 2.75) is 25.2 Å². The lowest BCUT2D eigenvalue weighted by molar-refractivity contribution is -0.143. The number of benzene rings is 1. The Hall–Kier alpha value is -2.32. The van der Waals surface area contributed by atoms with Crippen molar-refractivity contribution in [3.63, 3.8) is 0 Å². The molecule has 0 spiro atoms. The van der Waals surface area contributed by atoms with Gasteiger partial charge in [0.15, 0.2) is 0 Å². The van der Waals surface area contributed by atoms with Crippen LogP contribution in [0.4, 0.5) is 32.0 Å². The van der Waals surface area contributed by atoms with Crippen LogP contribution in [0, 0.1) is 47.3 Å². The molecule has 5 aliphatic rings. The summed E-state index contributed by atoms with van der Waals surface area (Å²) >= 11 is 0. The van der Waals surface area contributed by atoms with Crippen LogP contribution in [0.5, 0.6) is 0 Å². The highest BCUT2D eigenvalue weighted by molar-refractivity contribution is 6.22. The molecule has 1 heterocycles. The van der Waals surface area contributed by atoms with E-state index >= 15 is 0 Å². The van der Waals surface area contributed by atoms with Crippen molar-refractivity contribution in [1.29, 1.82) is 0 Å². The zero-order valence-corrected chi connectivity index (χ0v) is 16.0. The van der Waals surface area contributed by atoms with E-state index in [0.717, 1.165) is 12.8 Å². The SMILES string of the molecule is O=C1C2C3CC(C2C(=O)N1c1cc(C(F)(F)F)cc(C(F)(F)F)c1)C1C2C=CC(C2)C31. The monoisotopic (exact) mass is 441 g/mol. The number of nitrogens with zero attached hydrogens (tertiary/aromatic N) is 1. The van der Waals surface area contributed by atoms with Gasteiger partial charge in [-0.1, -0.05) is 12.2 Å². The summed E-state index contributed by atoms with van der Waals surface area (Å²) in [6, 6.07) is 0.951. The van der Waals surface area contributed by atoms with E-state index in [1.807, 2.05) is 0 Å². The molecule has 1 aromatic rings. The van der Waals surface area contributed by atoms with Crippen LogP contribution < -0.4 is 4.90 Å². The normalized spacial score (nSPS) is 40.3. The number of amides is 2. The Kier molecular flexibility index (Phi) is 3.58. The molecule has 8 atom stereocenters. The average molecular weight is 441 g/mol. The lowest BCUT2D eigenvalue weighted by atomic mass is 9.65. The lowest BCUT2D eigenvalue weighted by Gasteiger charge is -2.36. The van der Waals surface area contributed by atoms with Crippen LogP contribution in [0.25, 0.3) is 0 Å². The Bertz CT molecular complexity index is 969. The van der Waals surface area contributed by atoms with E-state index < -0.39 is 52.8 Å². The molecule has 31 heavy (non-hydrogen) atoms. The minimum absolute atomic E-state index is 0.00675. The molecular formula is C22H17F6NO2. The fraction of sp³-hybridized carbons (Fsp3) is 0.545. The quantitative estimate of drug-likeness (QED) is 0.269. The van der Waals surface area contributed by atoms with Crippen LogP contribution in [0.2, 0.25) is 0 Å². The summed E-state index contributed by atoms with van der Waals surface area (Å²) in [5.41, 5.74) is -3.70. The van der Waals surface area contributed by atoms with E-state index in [1.54, 1.807) is 0 Å². The van der Waals surface area contributed by atoms with Crippen molar-refractivity contribution in [3.05, 3.63) is 41.5 Å². The van der Waals surface area contributed by atoms with Gasteiger partial charge >= 0.3 is 12.4 Å². The molecule has 3 saturated carbocycles. The first-order valence-electron chi connectivity index (χ1n) is 10.3. The van der Waals surface area contributed by atoms with Crippen LogP contribution in [0.15, 0.2) is 30.4 Å². The molecule has 0 radical (unpaired) electrons. The van der Waals surface area contributed by atoms with E-state index in [-0.39, 0.29) is 29.7 Å². The van der Waals surface area contributed by atoms with Gasteiger partial charge in [0.25, 0.3) is 0 Å². The van der Waals surface area contributed by atoms with Crippen molar-refractivity contribution in [2.24, 2.45) is 47.3 Å². The predicted molar refractivity (Wildman–Crippen MR) is 95.2 cm³/mol. The number of hydrogen-bond acceptors (Lipinski definition) is 2. The van der Waals surface area contributed by atoms with Gasteiger partial charge in [0.05, 0.1) is 28.7 Å². The molecule has 4 aliphatic carbocycles. The summed E-state index contributed by atoms with van der Waals surface area (Å²) in [4.78, 5) is 27.1. The van der Waals surface area contributed by atoms with E-state index in [0.29, 0.717) is 28.9 Å². The Morgan fingerprint density at radius 2 is 1.16 bits per heavy atom. The molecule has 8 unspecified atom stereocenters. The number of alkyl halides is 6. The van der Waals surface area contributed by atoms with Gasteiger partial charge in [-0.25, -0.2) is 0 Å². The third kappa shape index (κ3) is 2.43. The molecule has 1 aliphatic heterocycles. The van der Waals surface area contributed by atoms with Crippen LogP contribution in [-0.4, -0.2) is 11.8 Å². The third-order valence-electron chi connectivity index (χ3n) is 8.27. The van der Waals surface area contributed by atoms with Gasteiger partial charge in [-0.3, -0.25) is 14.5 Å². The van der Waals surface area contributed by atoms with Gasteiger partial charge in [0.2, 0.25) is 11.8 Å². The number of carbonyl (C=O) groups excluding carboxylic acids is 2. The average Bonchev–Trinajstić information content (AvgIpc) is 3.45. The summed E-state index contributed by atoms with van der Waals surface area (Å²) in [5.74, 6) is -1.38. The van der Waals surface area contributed by atoms with Gasteiger partial charge in [0, 0.05) is 0 Å². The summed E-state index contributed by atoms with van der Waals surface area (Å²) < 4.78 is 79.6. The van der Waals surface area contributed by atoms with Crippen LogP contribution in [0.1, 0.15) is 24.0 Å². The first kappa shape index (κ1) is 19.4. The van der Waals surface area contributed by atoms with Crippen molar-refractivity contribution >= 4 is 17.5 Å². The fourth-order valence-corrected chi connectivity index (χ4v) is 7.44. The molecule has 1 aromatic carbocycles. The minimum atomic E-state index is -5.04. The molecule has 164 valence electrons. The summed E-state index contributed by atoms with van der Waals surface area (Å²) in [5, 5.41) is 0. The summed E-state index contributed by atoms with van der Waals surface area (Å²) in [7, 11) is 0. The molecule has 0 aromatic heterocycles. The second kappa shape index (κ2) is 5.72. The Balaban J connectivity index is 1.41. The Morgan fingerprint density at radius 3 is 1.58 bits per heavy atom. The lowest BCUT2D eigenvalue weighted by Crippen LogP contribution is -2.38. The molecule has 4 fully saturated rings. The fourth-order valence-electron chi connectivity index (χ4n) is 7.44. The van der Waals surface area contributed by atoms with Crippen molar-refractivity contribution in [2.75, 3.05) is 4.90 Å². The van der Waals surface area contributed by atoms with Gasteiger partial charge in [-0.2, -0.15) is 26.3 Å². The molecule has 0 N–H and O–H groups in total. The molecule has 1 saturated heterocycles. The number of imide groups is 1. The standard InChI is InChI=1S/C22H17F6NO2/c23-21(24,25)10-4-11(22(26,27)28)6-12(5-10)29-19(30)17-13-7-14(18(17)20(29)31)16-9-2-1-8(3-9)15(13)16/h1-2,4-6,8-9,13-18H,3,7H2. The van der Waals surface area contributed by atoms with Crippen LogP contribution in [-0.2, 0) is 21.9 Å². The number of allylic oxidation sites excluding steroid dienone is 2. The van der Waals surface area contributed by atoms with Crippen molar-refractivity contribution in [3.8, 4) is 0 Å². The number of anilines is 1. The first-order valence-corrected chi connectivity index (χ1v) is 10.3. The molecule has 4 bridgehead atoms. The molecule has 6 rings (SSSR count). The molecule has 9 heteroatoms. The minimum Gasteiger partial charge on any atom is -0.274 e. The maximum atomic E-state index is 13.3. The van der Waals surface area contributed by atoms with E-state index in [9.17, 15) is 35.9 Å². The Morgan fingerprint density at radius 1 is 0.710 bits per heavy atom. The van der Waals surface area contributed by atoms with E-state index in [4.69, 9.17) is 0 Å². The summed E-state index contributed by atoms with van der Waals surface area (Å²) in [6.45, 7) is 0. The highest BCUT2D eigenvalue weighted by atomic mass is 19.4. The highest BCUT2D eigenvalue weighted by Crippen LogP contribution is 2.70. The largest absolute Gasteiger partial charge is 0.416 e. The maximum absolute atomic E-state index is 13.3. The topological polar surface area (TPSA) is 37.4 Å². The Labute approximate surface area is 173 Å². The zero-order valence-electron chi connectivity index (χ0n) is 16.0. The first-order chi connectivity index (χ1) is 14.5. The number of fused-ring (bicyclic) bond motifs is 12. The van der Waals surface area contributed by atoms with Crippen molar-refractivity contribution < 1.29 is 35.9 Å². The van der Waals surface area contributed by atoms with Crippen molar-refractivity contribution in [1.82, 2.24) is 0 Å². The zero-order chi connectivity index (χ0) is 22.0. The third-order valence-corrected chi connectivity index (χ3v) is 8.27. The van der Waals surface area contributed by atoms with E-state index in [1.165, 1.54) is 0 Å². The second-order valence-electron chi connectivity index (χ2n) is 9.49. The maximum Gasteiger partial charge on any atom is 0.416 e. The predicted octanol–water partition coefficient (Wildman–Crippen LogP) is 4.92. The molecule has 2 amide bonds. The van der Waals surface area contributed by atoms with Gasteiger partial charge in [-0.15, -0.1) is 0 Å². The summed E-state index contributed by atoms with van der Waals surface area (Å²) in [6.07, 6.45) is -4.03. The van der Waals surface area contributed by atoms with E-state index in [2.05, 4.69) is 12.2 Å². The van der Waals surface area contributed by atoms with Gasteiger partial charge < -0.3 is 0 Å². The highest BCUT2D eigenvalue weighted by Gasteiger charge is 2.71. The number of carbonyl (C=O) groups is 2. The van der Waals surface area contributed by atoms with Gasteiger partial charge in [0.1, 0.15) is 0 Å². The second-order valence-corrected chi connectivity index (χ2v) is 9.49. The number of rotatable bonds is 1. The smallest absolute Gasteiger partial charge is 0.274 e. The van der Waals surface area contributed by atoms with Crippen LogP contribution in [0.3, 0.4) is 0 Å². The molecular weight excluding hydrogens is 424 g/mol.